The molecule has 3 unspecified atom stereocenters. The Labute approximate surface area is 390 Å². The molecule has 362 valence electrons. The molecule has 1 saturated heterocycles. The molecule has 1 heterocycles. The van der Waals surface area contributed by atoms with E-state index in [4.69, 9.17) is 28.4 Å². The number of esters is 6. The molecule has 62 heavy (non-hydrogen) atoms. The third-order valence-corrected chi connectivity index (χ3v) is 13.6. The number of alkyl halides is 2. The van der Waals surface area contributed by atoms with Gasteiger partial charge in [0.2, 0.25) is 0 Å². The van der Waals surface area contributed by atoms with Crippen LogP contribution in [0.3, 0.4) is 0 Å². The van der Waals surface area contributed by atoms with Crippen molar-refractivity contribution in [2.45, 2.75) is 143 Å². The minimum Gasteiger partial charge on any atom is -0.469 e. The van der Waals surface area contributed by atoms with Gasteiger partial charge in [-0.25, -0.2) is 0 Å². The topological polar surface area (TPSA) is 178 Å². The van der Waals surface area contributed by atoms with Crippen molar-refractivity contribution in [1.82, 2.24) is 0 Å². The van der Waals surface area contributed by atoms with E-state index in [1.807, 2.05) is 95.2 Å². The van der Waals surface area contributed by atoms with Gasteiger partial charge in [0, 0.05) is 4.83 Å². The molecule has 0 radical (unpaired) electrons. The Hall–Kier alpha value is -2.52. The zero-order valence-corrected chi connectivity index (χ0v) is 43.9. The number of halogens is 2. The molecule has 1 N–H and O–H groups in total. The quantitative estimate of drug-likeness (QED) is 0.0444. The maximum Gasteiger partial charge on any atom is 0.309 e. The Morgan fingerprint density at radius 3 is 1.16 bits per heavy atom. The average molecular weight is 1010 g/mol. The van der Waals surface area contributed by atoms with Crippen molar-refractivity contribution in [2.24, 2.45) is 71.0 Å². The van der Waals surface area contributed by atoms with Crippen molar-refractivity contribution in [1.29, 1.82) is 0 Å². The molecule has 15 heteroatoms. The second kappa shape index (κ2) is 32.2. The monoisotopic (exact) mass is 1010 g/mol. The minimum absolute atomic E-state index is 0.0123. The highest BCUT2D eigenvalue weighted by Gasteiger charge is 2.41. The number of rotatable bonds is 23. The highest BCUT2D eigenvalue weighted by Crippen LogP contribution is 2.35. The third kappa shape index (κ3) is 22.4. The predicted octanol–water partition coefficient (Wildman–Crippen LogP) is 9.17. The first-order valence-electron chi connectivity index (χ1n) is 22.0. The van der Waals surface area contributed by atoms with E-state index in [9.17, 15) is 33.9 Å². The van der Waals surface area contributed by atoms with Crippen LogP contribution in [0.15, 0.2) is 12.2 Å². The lowest BCUT2D eigenvalue weighted by Gasteiger charge is -2.27. The molecule has 0 bridgehead atoms. The third-order valence-electron chi connectivity index (χ3n) is 11.6. The molecular weight excluding hydrogens is 932 g/mol. The van der Waals surface area contributed by atoms with E-state index in [0.717, 1.165) is 6.42 Å². The lowest BCUT2D eigenvalue weighted by Crippen LogP contribution is -2.34. The van der Waals surface area contributed by atoms with Crippen LogP contribution in [-0.4, -0.2) is 98.3 Å². The molecule has 0 aliphatic carbocycles. The molecule has 1 aliphatic heterocycles. The predicted molar refractivity (Wildman–Crippen MR) is 248 cm³/mol. The van der Waals surface area contributed by atoms with Crippen molar-refractivity contribution in [3.8, 4) is 0 Å². The van der Waals surface area contributed by atoms with E-state index in [2.05, 4.69) is 31.9 Å². The summed E-state index contributed by atoms with van der Waals surface area (Å²) in [6.07, 6.45) is 6.39. The van der Waals surface area contributed by atoms with Crippen molar-refractivity contribution in [3.63, 3.8) is 0 Å². The van der Waals surface area contributed by atoms with E-state index < -0.39 is 6.10 Å². The Balaban J connectivity index is 0. The van der Waals surface area contributed by atoms with Crippen LogP contribution >= 0.6 is 31.9 Å². The van der Waals surface area contributed by atoms with E-state index in [1.165, 1.54) is 35.5 Å². The summed E-state index contributed by atoms with van der Waals surface area (Å²) >= 11 is 7.04. The Bertz CT molecular complexity index is 1300. The average Bonchev–Trinajstić information content (AvgIpc) is 3.62. The summed E-state index contributed by atoms with van der Waals surface area (Å²) in [5, 5.41) is 10.4. The molecule has 0 aromatic rings. The SMILES string of the molecule is COC(=O)[C@@H](C/C=C/C[C@H](C(=O)OC)C(C)C)C(C)C.COC(=O)[C@@H](CC(Br)[C@@H](O)C[C@H](C(=O)OC)C(C)C)C(C)C.COC(=O)[C@@H](CC(Br)[C@@H]1CC(C(C)C)C(=O)O1)C(C)C. The zero-order chi connectivity index (χ0) is 48.6. The van der Waals surface area contributed by atoms with Gasteiger partial charge in [0.1, 0.15) is 6.10 Å². The second-order valence-corrected chi connectivity index (χ2v) is 20.5. The molecular formula is C47H82Br2O13. The van der Waals surface area contributed by atoms with Gasteiger partial charge < -0.3 is 33.5 Å². The van der Waals surface area contributed by atoms with E-state index >= 15 is 0 Å². The second-order valence-electron chi connectivity index (χ2n) is 18.2. The number of aliphatic hydroxyl groups excluding tert-OH is 1. The molecule has 1 aliphatic rings. The first-order valence-corrected chi connectivity index (χ1v) is 23.8. The van der Waals surface area contributed by atoms with Gasteiger partial charge >= 0.3 is 35.8 Å². The molecule has 0 aromatic carbocycles. The molecule has 0 spiro atoms. The molecule has 1 fully saturated rings. The Morgan fingerprint density at radius 1 is 0.565 bits per heavy atom. The number of carbonyl (C=O) groups is 6. The number of carbonyl (C=O) groups excluding carboxylic acids is 6. The summed E-state index contributed by atoms with van der Waals surface area (Å²) < 4.78 is 29.5. The van der Waals surface area contributed by atoms with Crippen LogP contribution in [0.5, 0.6) is 0 Å². The van der Waals surface area contributed by atoms with Crippen LogP contribution in [0.25, 0.3) is 0 Å². The number of ether oxygens (including phenoxy) is 6. The highest BCUT2D eigenvalue weighted by atomic mass is 79.9. The van der Waals surface area contributed by atoms with Gasteiger partial charge in [0.15, 0.2) is 0 Å². The molecule has 0 amide bonds. The van der Waals surface area contributed by atoms with Gasteiger partial charge in [0.25, 0.3) is 0 Å². The van der Waals surface area contributed by atoms with Gasteiger partial charge in [-0.2, -0.15) is 0 Å². The summed E-state index contributed by atoms with van der Waals surface area (Å²) in [6, 6.07) is 0. The van der Waals surface area contributed by atoms with Gasteiger partial charge in [-0.3, -0.25) is 28.8 Å². The van der Waals surface area contributed by atoms with Crippen LogP contribution in [0.4, 0.5) is 0 Å². The molecule has 0 aromatic heterocycles. The standard InChI is InChI=1S/C16H29BrO5.C16H28O4.C15H25BrO4/c1-9(2)11(15(19)21-5)7-13(17)14(18)8-12(10(3)4)16(20)22-6;1-11(2)13(15(17)19-5)9-7-8-10-14(12(3)4)16(18)20-6;1-8(2)10(14(17)19-5)6-12(16)13-7-11(9(3)4)15(18)20-13/h9-14,18H,7-8H2,1-6H3;7-8,11-14H,9-10H2,1-6H3;8-13H,6-7H2,1-5H3/b;8-7+;/t11-,12-,13?,14-;13-,14-;10-,11?,12?,13-/m000/s1. The first-order chi connectivity index (χ1) is 28.8. The number of cyclic esters (lactones) is 1. The number of methoxy groups -OCH3 is 5. The van der Waals surface area contributed by atoms with E-state index in [1.54, 1.807) is 0 Å². The smallest absolute Gasteiger partial charge is 0.309 e. The Morgan fingerprint density at radius 2 is 0.871 bits per heavy atom. The highest BCUT2D eigenvalue weighted by molar-refractivity contribution is 9.09. The number of aliphatic hydroxyl groups is 1. The van der Waals surface area contributed by atoms with Crippen molar-refractivity contribution in [3.05, 3.63) is 12.2 Å². The van der Waals surface area contributed by atoms with Crippen LogP contribution in [-0.2, 0) is 57.2 Å². The summed E-state index contributed by atoms with van der Waals surface area (Å²) in [6.45, 7) is 23.8. The van der Waals surface area contributed by atoms with Gasteiger partial charge in [-0.15, -0.1) is 0 Å². The number of hydrogen-bond acceptors (Lipinski definition) is 13. The molecule has 0 saturated carbocycles. The zero-order valence-electron chi connectivity index (χ0n) is 40.7. The summed E-state index contributed by atoms with van der Waals surface area (Å²) in [4.78, 5) is 70.1. The van der Waals surface area contributed by atoms with Crippen molar-refractivity contribution in [2.75, 3.05) is 35.5 Å². The maximum atomic E-state index is 11.8. The molecule has 13 nitrogen and oxygen atoms in total. The van der Waals surface area contributed by atoms with Gasteiger partial charge in [0.05, 0.1) is 82.0 Å². The normalized spacial score (nSPS) is 19.0. The fourth-order valence-corrected chi connectivity index (χ4v) is 8.39. The summed E-state index contributed by atoms with van der Waals surface area (Å²) in [5.74, 6) is -1.28. The Kier molecular flexibility index (Phi) is 32.0. The lowest BCUT2D eigenvalue weighted by atomic mass is 9.85. The van der Waals surface area contributed by atoms with Crippen LogP contribution in [0, 0.1) is 71.0 Å². The minimum atomic E-state index is -0.739. The maximum absolute atomic E-state index is 11.8. The van der Waals surface area contributed by atoms with E-state index in [0.29, 0.717) is 32.1 Å². The number of hydrogen-bond donors (Lipinski definition) is 1. The van der Waals surface area contributed by atoms with Gasteiger partial charge in [-0.05, 0) is 74.0 Å². The summed E-state index contributed by atoms with van der Waals surface area (Å²) in [7, 11) is 6.94. The van der Waals surface area contributed by atoms with Crippen LogP contribution in [0.2, 0.25) is 0 Å². The molecule has 1 rings (SSSR count). The first kappa shape index (κ1) is 61.6. The van der Waals surface area contributed by atoms with E-state index in [-0.39, 0.29) is 123 Å². The summed E-state index contributed by atoms with van der Waals surface area (Å²) in [5.41, 5.74) is 0. The fraction of sp³-hybridized carbons (Fsp3) is 0.830. The van der Waals surface area contributed by atoms with Crippen molar-refractivity contribution < 1.29 is 62.3 Å². The fourth-order valence-electron chi connectivity index (χ4n) is 7.04. The largest absolute Gasteiger partial charge is 0.469 e. The van der Waals surface area contributed by atoms with Crippen molar-refractivity contribution >= 4 is 67.7 Å². The van der Waals surface area contributed by atoms with Crippen LogP contribution < -0.4 is 0 Å². The lowest BCUT2D eigenvalue weighted by molar-refractivity contribution is -0.149. The van der Waals surface area contributed by atoms with Crippen LogP contribution in [0.1, 0.15) is 122 Å². The molecule has 10 atom stereocenters. The van der Waals surface area contributed by atoms with Gasteiger partial charge in [-0.1, -0.05) is 127 Å². The number of allylic oxidation sites excluding steroid dienone is 2.